The number of fused-ring (bicyclic) bond motifs is 4. The summed E-state index contributed by atoms with van der Waals surface area (Å²) >= 11 is 0. The van der Waals surface area contributed by atoms with Crippen LogP contribution in [0.25, 0.3) is 0 Å². The molecule has 9 heteroatoms. The molecular formula is C25H32N4O4S. The molecule has 1 saturated carbocycles. The van der Waals surface area contributed by atoms with Crippen molar-refractivity contribution in [3.8, 4) is 0 Å². The molecule has 2 aliphatic heterocycles. The number of benzene rings is 1. The Bertz CT molecular complexity index is 1210. The zero-order valence-electron chi connectivity index (χ0n) is 19.3. The smallest absolute Gasteiger partial charge is 0.317 e. The highest BCUT2D eigenvalue weighted by molar-refractivity contribution is 7.91. The topological polar surface area (TPSA) is 101 Å². The Morgan fingerprint density at radius 2 is 1.74 bits per heavy atom. The molecule has 2 atom stereocenters. The van der Waals surface area contributed by atoms with Crippen LogP contribution in [0.15, 0.2) is 47.3 Å². The van der Waals surface area contributed by atoms with Gasteiger partial charge in [0.15, 0.2) is 0 Å². The molecule has 3 aliphatic rings. The van der Waals surface area contributed by atoms with Crippen molar-refractivity contribution in [1.29, 1.82) is 0 Å². The standard InChI is InChI=1S/C25H32N4O4S/c30-24-22(27-34(32,33)17-18-7-3-1-4-8-18)11-12-23-20-13-19(15-29(23)24)14-28(16-20)25(31)26-21-9-5-2-6-10-21/h1,3-4,7-8,11-12,19-21,27H,2,5-6,9-10,13-17H2,(H,26,31)/t19-,20+/m0/s1. The van der Waals surface area contributed by atoms with Crippen LogP contribution >= 0.6 is 0 Å². The molecule has 1 aromatic carbocycles. The van der Waals surface area contributed by atoms with Gasteiger partial charge in [0.25, 0.3) is 5.56 Å². The number of piperidine rings is 1. The number of rotatable bonds is 5. The average molecular weight is 485 g/mol. The van der Waals surface area contributed by atoms with Crippen molar-refractivity contribution in [2.75, 3.05) is 17.8 Å². The van der Waals surface area contributed by atoms with Crippen molar-refractivity contribution in [2.24, 2.45) is 5.92 Å². The minimum Gasteiger partial charge on any atom is -0.335 e. The summed E-state index contributed by atoms with van der Waals surface area (Å²) < 4.78 is 29.5. The van der Waals surface area contributed by atoms with Crippen molar-refractivity contribution < 1.29 is 13.2 Å². The number of urea groups is 1. The van der Waals surface area contributed by atoms with E-state index in [2.05, 4.69) is 10.0 Å². The Kier molecular flexibility index (Phi) is 6.38. The summed E-state index contributed by atoms with van der Waals surface area (Å²) in [6, 6.07) is 12.6. The predicted molar refractivity (Wildman–Crippen MR) is 131 cm³/mol. The average Bonchev–Trinajstić information content (AvgIpc) is 2.82. The molecule has 1 saturated heterocycles. The molecule has 2 N–H and O–H groups in total. The monoisotopic (exact) mass is 484 g/mol. The van der Waals surface area contributed by atoms with E-state index in [-0.39, 0.29) is 40.9 Å². The number of carbonyl (C=O) groups is 1. The quantitative estimate of drug-likeness (QED) is 0.680. The molecular weight excluding hydrogens is 452 g/mol. The lowest BCUT2D eigenvalue weighted by Crippen LogP contribution is -2.53. The van der Waals surface area contributed by atoms with Crippen molar-refractivity contribution in [3.05, 3.63) is 64.1 Å². The van der Waals surface area contributed by atoms with E-state index in [1.165, 1.54) is 19.3 Å². The van der Waals surface area contributed by atoms with Crippen LogP contribution in [-0.4, -0.2) is 43.0 Å². The first-order valence-corrected chi connectivity index (χ1v) is 13.9. The lowest BCUT2D eigenvalue weighted by Gasteiger charge is -2.43. The van der Waals surface area contributed by atoms with E-state index in [0.29, 0.717) is 25.2 Å². The number of aromatic nitrogens is 1. The van der Waals surface area contributed by atoms with Crippen LogP contribution in [0.3, 0.4) is 0 Å². The fourth-order valence-corrected chi connectivity index (χ4v) is 6.89. The maximum absolute atomic E-state index is 13.2. The Morgan fingerprint density at radius 1 is 0.971 bits per heavy atom. The minimum atomic E-state index is -3.71. The Hall–Kier alpha value is -2.81. The Morgan fingerprint density at radius 3 is 2.50 bits per heavy atom. The molecule has 1 aromatic heterocycles. The minimum absolute atomic E-state index is 0.00249. The number of carbonyl (C=O) groups excluding carboxylic acids is 1. The molecule has 3 heterocycles. The van der Waals surface area contributed by atoms with Gasteiger partial charge in [0.05, 0.1) is 5.75 Å². The van der Waals surface area contributed by atoms with Gasteiger partial charge in [-0.1, -0.05) is 49.6 Å². The van der Waals surface area contributed by atoms with E-state index in [4.69, 9.17) is 0 Å². The fourth-order valence-electron chi connectivity index (χ4n) is 5.70. The second kappa shape index (κ2) is 9.44. The second-order valence-corrected chi connectivity index (χ2v) is 11.6. The van der Waals surface area contributed by atoms with Crippen LogP contribution in [0.5, 0.6) is 0 Å². The molecule has 2 amide bonds. The van der Waals surface area contributed by atoms with Crippen LogP contribution in [0.4, 0.5) is 10.5 Å². The largest absolute Gasteiger partial charge is 0.335 e. The molecule has 0 radical (unpaired) electrons. The number of amides is 2. The zero-order valence-corrected chi connectivity index (χ0v) is 20.1. The lowest BCUT2D eigenvalue weighted by atomic mass is 9.83. The SMILES string of the molecule is O=C(NC1CCCCC1)N1C[C@@H]2C[C@H](C1)c1ccc(NS(=O)(=O)Cc3ccccc3)c(=O)n1C2. The van der Waals surface area contributed by atoms with Gasteiger partial charge in [0.2, 0.25) is 10.0 Å². The molecule has 2 fully saturated rings. The number of hydrogen-bond donors (Lipinski definition) is 2. The van der Waals surface area contributed by atoms with Gasteiger partial charge in [0, 0.05) is 37.3 Å². The number of anilines is 1. The van der Waals surface area contributed by atoms with Crippen LogP contribution in [0.2, 0.25) is 0 Å². The number of sulfonamides is 1. The van der Waals surface area contributed by atoms with Crippen LogP contribution in [-0.2, 0) is 22.3 Å². The predicted octanol–water partition coefficient (Wildman–Crippen LogP) is 3.25. The summed E-state index contributed by atoms with van der Waals surface area (Å²) in [7, 11) is -3.71. The first-order chi connectivity index (χ1) is 16.4. The van der Waals surface area contributed by atoms with Crippen LogP contribution in [0.1, 0.15) is 55.7 Å². The summed E-state index contributed by atoms with van der Waals surface area (Å²) in [6.45, 7) is 1.69. The highest BCUT2D eigenvalue weighted by Gasteiger charge is 2.37. The lowest BCUT2D eigenvalue weighted by molar-refractivity contribution is 0.127. The van der Waals surface area contributed by atoms with Gasteiger partial charge in [-0.25, -0.2) is 13.2 Å². The molecule has 1 aliphatic carbocycles. The Labute approximate surface area is 200 Å². The molecule has 2 aromatic rings. The van der Waals surface area contributed by atoms with Crippen molar-refractivity contribution in [3.63, 3.8) is 0 Å². The van der Waals surface area contributed by atoms with Crippen molar-refractivity contribution in [1.82, 2.24) is 14.8 Å². The van der Waals surface area contributed by atoms with Gasteiger partial charge in [0.1, 0.15) is 5.69 Å². The molecule has 2 bridgehead atoms. The molecule has 34 heavy (non-hydrogen) atoms. The first-order valence-electron chi connectivity index (χ1n) is 12.2. The summed E-state index contributed by atoms with van der Waals surface area (Å²) in [5, 5.41) is 3.21. The van der Waals surface area contributed by atoms with Crippen molar-refractivity contribution in [2.45, 2.75) is 62.8 Å². The fraction of sp³-hybridized carbons (Fsp3) is 0.520. The molecule has 0 unspecified atom stereocenters. The molecule has 5 rings (SSSR count). The van der Waals surface area contributed by atoms with E-state index < -0.39 is 10.0 Å². The number of nitrogens with zero attached hydrogens (tertiary/aromatic N) is 2. The normalized spacial score (nSPS) is 22.6. The van der Waals surface area contributed by atoms with E-state index in [1.807, 2.05) is 17.0 Å². The molecule has 8 nitrogen and oxygen atoms in total. The van der Waals surface area contributed by atoms with Gasteiger partial charge in [-0.05, 0) is 42.9 Å². The van der Waals surface area contributed by atoms with Gasteiger partial charge < -0.3 is 14.8 Å². The zero-order chi connectivity index (χ0) is 23.7. The van der Waals surface area contributed by atoms with E-state index >= 15 is 0 Å². The third-order valence-corrected chi connectivity index (χ3v) is 8.53. The number of likely N-dealkylation sites (tertiary alicyclic amines) is 1. The van der Waals surface area contributed by atoms with Gasteiger partial charge in [-0.15, -0.1) is 0 Å². The Balaban J connectivity index is 1.30. The van der Waals surface area contributed by atoms with Crippen LogP contribution < -0.4 is 15.6 Å². The maximum atomic E-state index is 13.2. The second-order valence-electron chi connectivity index (χ2n) is 9.92. The van der Waals surface area contributed by atoms with E-state index in [1.54, 1.807) is 34.9 Å². The summed E-state index contributed by atoms with van der Waals surface area (Å²) in [4.78, 5) is 28.0. The van der Waals surface area contributed by atoms with E-state index in [0.717, 1.165) is 25.0 Å². The van der Waals surface area contributed by atoms with Gasteiger partial charge in [-0.2, -0.15) is 0 Å². The number of nitrogens with one attached hydrogen (secondary N) is 2. The highest BCUT2D eigenvalue weighted by atomic mass is 32.2. The van der Waals surface area contributed by atoms with Gasteiger partial charge >= 0.3 is 6.03 Å². The summed E-state index contributed by atoms with van der Waals surface area (Å²) in [5.41, 5.74) is 1.30. The number of hydrogen-bond acceptors (Lipinski definition) is 4. The van der Waals surface area contributed by atoms with Gasteiger partial charge in [-0.3, -0.25) is 9.52 Å². The maximum Gasteiger partial charge on any atom is 0.317 e. The molecule has 182 valence electrons. The third kappa shape index (κ3) is 4.99. The molecule has 0 spiro atoms. The third-order valence-electron chi connectivity index (χ3n) is 7.29. The highest BCUT2D eigenvalue weighted by Crippen LogP contribution is 2.35. The number of pyridine rings is 1. The van der Waals surface area contributed by atoms with E-state index in [9.17, 15) is 18.0 Å². The van der Waals surface area contributed by atoms with Crippen LogP contribution in [0, 0.1) is 5.92 Å². The van der Waals surface area contributed by atoms with Crippen molar-refractivity contribution >= 4 is 21.7 Å². The first kappa shape index (κ1) is 23.0. The summed E-state index contributed by atoms with van der Waals surface area (Å²) in [6.07, 6.45) is 6.62. The summed E-state index contributed by atoms with van der Waals surface area (Å²) in [5.74, 6) is 0.0650.